The van der Waals surface area contributed by atoms with Crippen molar-refractivity contribution in [3.63, 3.8) is 0 Å². The van der Waals surface area contributed by atoms with Crippen molar-refractivity contribution >= 4 is 11.8 Å². The number of ether oxygens (including phenoxy) is 1. The van der Waals surface area contributed by atoms with Crippen molar-refractivity contribution in [3.05, 3.63) is 65.2 Å². The number of hydrogen-bond donors (Lipinski definition) is 1. The van der Waals surface area contributed by atoms with Gasteiger partial charge in [0, 0.05) is 24.6 Å². The van der Waals surface area contributed by atoms with Crippen LogP contribution in [-0.4, -0.2) is 42.0 Å². The first-order valence-corrected chi connectivity index (χ1v) is 8.80. The lowest BCUT2D eigenvalue weighted by Gasteiger charge is -2.32. The Morgan fingerprint density at radius 1 is 1.19 bits per heavy atom. The molecule has 2 aromatic carbocycles. The van der Waals surface area contributed by atoms with Crippen LogP contribution in [-0.2, 0) is 6.54 Å². The third-order valence-electron chi connectivity index (χ3n) is 4.87. The zero-order valence-corrected chi connectivity index (χ0v) is 14.9. The smallest absolute Gasteiger partial charge is 0.336 e. The van der Waals surface area contributed by atoms with Crippen LogP contribution in [0, 0.1) is 5.92 Å². The van der Waals surface area contributed by atoms with E-state index in [1.54, 1.807) is 25.3 Å². The van der Waals surface area contributed by atoms with Gasteiger partial charge in [0.15, 0.2) is 5.78 Å². The minimum atomic E-state index is -0.915. The molecule has 0 bridgehead atoms. The number of carboxylic acid groups (broad SMARTS) is 1. The molecule has 1 aliphatic heterocycles. The summed E-state index contributed by atoms with van der Waals surface area (Å²) in [5.41, 5.74) is 1.78. The lowest BCUT2D eigenvalue weighted by molar-refractivity contribution is 0.0689. The van der Waals surface area contributed by atoms with Gasteiger partial charge in [0.2, 0.25) is 0 Å². The number of Topliss-reactive ketones (excluding diaryl/α,β-unsaturated/α-hetero) is 1. The van der Waals surface area contributed by atoms with E-state index in [9.17, 15) is 14.7 Å². The lowest BCUT2D eigenvalue weighted by Crippen LogP contribution is -2.38. The normalized spacial score (nSPS) is 17.7. The van der Waals surface area contributed by atoms with E-state index in [2.05, 4.69) is 4.90 Å². The fourth-order valence-corrected chi connectivity index (χ4v) is 3.53. The Bertz CT molecular complexity index is 802. The molecule has 0 saturated carbocycles. The number of benzene rings is 2. The second kappa shape index (κ2) is 8.15. The molecule has 3 rings (SSSR count). The van der Waals surface area contributed by atoms with E-state index < -0.39 is 5.97 Å². The Labute approximate surface area is 153 Å². The minimum Gasteiger partial charge on any atom is -0.497 e. The first-order chi connectivity index (χ1) is 12.6. The van der Waals surface area contributed by atoms with Crippen molar-refractivity contribution in [1.29, 1.82) is 0 Å². The Balaban J connectivity index is 1.71. The van der Waals surface area contributed by atoms with Gasteiger partial charge in [-0.25, -0.2) is 4.79 Å². The lowest BCUT2D eigenvalue weighted by atomic mass is 9.89. The van der Waals surface area contributed by atoms with E-state index in [0.717, 1.165) is 24.9 Å². The van der Waals surface area contributed by atoms with E-state index in [1.165, 1.54) is 0 Å². The van der Waals surface area contributed by atoms with Crippen LogP contribution < -0.4 is 4.74 Å². The Morgan fingerprint density at radius 3 is 2.77 bits per heavy atom. The number of carbonyl (C=O) groups is 2. The third-order valence-corrected chi connectivity index (χ3v) is 4.87. The van der Waals surface area contributed by atoms with Gasteiger partial charge in [-0.1, -0.05) is 30.3 Å². The van der Waals surface area contributed by atoms with Crippen LogP contribution in [0.3, 0.4) is 0 Å². The molecule has 1 unspecified atom stereocenters. The Morgan fingerprint density at radius 2 is 2.00 bits per heavy atom. The molecular weight excluding hydrogens is 330 g/mol. The first kappa shape index (κ1) is 18.1. The number of rotatable bonds is 6. The number of hydrogen-bond acceptors (Lipinski definition) is 4. The molecule has 0 amide bonds. The molecular formula is C21H23NO4. The molecule has 5 nitrogen and oxygen atoms in total. The quantitative estimate of drug-likeness (QED) is 0.805. The average molecular weight is 353 g/mol. The van der Waals surface area contributed by atoms with Gasteiger partial charge < -0.3 is 9.84 Å². The van der Waals surface area contributed by atoms with Gasteiger partial charge in [-0.15, -0.1) is 0 Å². The molecule has 1 saturated heterocycles. The predicted molar refractivity (Wildman–Crippen MR) is 98.7 cm³/mol. The predicted octanol–water partition coefficient (Wildman–Crippen LogP) is 3.49. The van der Waals surface area contributed by atoms with Gasteiger partial charge in [-0.2, -0.15) is 0 Å². The van der Waals surface area contributed by atoms with Crippen molar-refractivity contribution in [2.24, 2.45) is 5.92 Å². The van der Waals surface area contributed by atoms with Gasteiger partial charge in [0.25, 0.3) is 0 Å². The molecule has 1 fully saturated rings. The van der Waals surface area contributed by atoms with Crippen molar-refractivity contribution in [1.82, 2.24) is 4.90 Å². The number of likely N-dealkylation sites (tertiary alicyclic amines) is 1. The Kier molecular flexibility index (Phi) is 5.68. The summed E-state index contributed by atoms with van der Waals surface area (Å²) in [6.45, 7) is 2.06. The van der Waals surface area contributed by atoms with Crippen LogP contribution in [0.15, 0.2) is 48.5 Å². The van der Waals surface area contributed by atoms with Gasteiger partial charge in [-0.3, -0.25) is 9.69 Å². The van der Waals surface area contributed by atoms with Gasteiger partial charge in [0.05, 0.1) is 12.7 Å². The summed E-state index contributed by atoms with van der Waals surface area (Å²) in [6.07, 6.45) is 1.78. The molecule has 0 radical (unpaired) electrons. The summed E-state index contributed by atoms with van der Waals surface area (Å²) in [5, 5.41) is 9.35. The second-order valence-corrected chi connectivity index (χ2v) is 6.63. The molecule has 136 valence electrons. The van der Waals surface area contributed by atoms with E-state index in [-0.39, 0.29) is 11.7 Å². The minimum absolute atomic E-state index is 0.0761. The first-order valence-electron chi connectivity index (χ1n) is 8.80. The highest BCUT2D eigenvalue weighted by molar-refractivity contribution is 5.98. The fourth-order valence-electron chi connectivity index (χ4n) is 3.53. The maximum absolute atomic E-state index is 12.9. The fraction of sp³-hybridized carbons (Fsp3) is 0.333. The number of carboxylic acids is 1. The van der Waals surface area contributed by atoms with Crippen LogP contribution >= 0.6 is 0 Å². The van der Waals surface area contributed by atoms with E-state index in [1.807, 2.05) is 30.3 Å². The van der Waals surface area contributed by atoms with Crippen LogP contribution in [0.4, 0.5) is 0 Å². The van der Waals surface area contributed by atoms with Gasteiger partial charge >= 0.3 is 5.97 Å². The third kappa shape index (κ3) is 4.11. The van der Waals surface area contributed by atoms with Crippen molar-refractivity contribution in [2.75, 3.05) is 20.2 Å². The van der Waals surface area contributed by atoms with E-state index >= 15 is 0 Å². The molecule has 1 N–H and O–H groups in total. The van der Waals surface area contributed by atoms with Gasteiger partial charge in [0.1, 0.15) is 5.75 Å². The zero-order chi connectivity index (χ0) is 18.5. The zero-order valence-electron chi connectivity index (χ0n) is 14.9. The molecule has 1 atom stereocenters. The van der Waals surface area contributed by atoms with Crippen LogP contribution in [0.1, 0.15) is 39.1 Å². The summed E-state index contributed by atoms with van der Waals surface area (Å²) < 4.78 is 5.21. The van der Waals surface area contributed by atoms with Crippen molar-refractivity contribution in [2.45, 2.75) is 19.4 Å². The number of piperidine rings is 1. The number of carbonyl (C=O) groups excluding carboxylic acids is 1. The highest BCUT2D eigenvalue weighted by Gasteiger charge is 2.27. The number of ketones is 1. The summed E-state index contributed by atoms with van der Waals surface area (Å²) in [7, 11) is 1.59. The summed E-state index contributed by atoms with van der Waals surface area (Å²) in [4.78, 5) is 26.4. The van der Waals surface area contributed by atoms with Crippen LogP contribution in [0.25, 0.3) is 0 Å². The van der Waals surface area contributed by atoms with Crippen molar-refractivity contribution in [3.8, 4) is 5.75 Å². The average Bonchev–Trinajstić information content (AvgIpc) is 2.68. The monoisotopic (exact) mass is 353 g/mol. The van der Waals surface area contributed by atoms with Crippen LogP contribution in [0.5, 0.6) is 5.75 Å². The van der Waals surface area contributed by atoms with Crippen LogP contribution in [0.2, 0.25) is 0 Å². The summed E-state index contributed by atoms with van der Waals surface area (Å²) in [5.74, 6) is -0.187. The Hall–Kier alpha value is -2.66. The molecule has 0 aliphatic carbocycles. The number of nitrogens with zero attached hydrogens (tertiary/aromatic N) is 1. The molecule has 1 heterocycles. The molecule has 1 aliphatic rings. The number of methoxy groups -OCH3 is 1. The second-order valence-electron chi connectivity index (χ2n) is 6.63. The SMILES string of the molecule is COc1cccc(C(=O)C2CCCN(Cc3ccccc3C(=O)O)C2)c1. The van der Waals surface area contributed by atoms with Crippen molar-refractivity contribution < 1.29 is 19.4 Å². The van der Waals surface area contributed by atoms with Gasteiger partial charge in [-0.05, 0) is 43.1 Å². The number of aromatic carboxylic acids is 1. The van der Waals surface area contributed by atoms with E-state index in [4.69, 9.17) is 4.74 Å². The molecule has 0 spiro atoms. The molecule has 5 heteroatoms. The standard InChI is InChI=1S/C21H23NO4/c1-26-18-9-4-7-15(12-18)20(23)17-8-5-11-22(14-17)13-16-6-2-3-10-19(16)21(24)25/h2-4,6-7,9-10,12,17H,5,8,11,13-14H2,1H3,(H,24,25). The molecule has 0 aromatic heterocycles. The van der Waals surface area contributed by atoms with E-state index in [0.29, 0.717) is 30.0 Å². The molecule has 26 heavy (non-hydrogen) atoms. The maximum atomic E-state index is 12.9. The summed E-state index contributed by atoms with van der Waals surface area (Å²) in [6, 6.07) is 14.3. The largest absolute Gasteiger partial charge is 0.497 e. The topological polar surface area (TPSA) is 66.8 Å². The highest BCUT2D eigenvalue weighted by atomic mass is 16.5. The highest BCUT2D eigenvalue weighted by Crippen LogP contribution is 2.24. The maximum Gasteiger partial charge on any atom is 0.336 e. The molecule has 2 aromatic rings. The summed E-state index contributed by atoms with van der Waals surface area (Å²) >= 11 is 0.